The van der Waals surface area contributed by atoms with Crippen molar-refractivity contribution in [2.24, 2.45) is 5.92 Å². The standard InChI is InChI=1S/C5H8O3/c1-4(2)5(3-6)7-8-5/h3-4H,1-2H3. The van der Waals surface area contributed by atoms with E-state index in [0.717, 1.165) is 0 Å². The Balaban J connectivity index is 2.53. The van der Waals surface area contributed by atoms with Gasteiger partial charge >= 0.3 is 0 Å². The average Bonchev–Trinajstić information content (AvgIpc) is 2.44. The molecule has 0 aliphatic carbocycles. The fourth-order valence-corrected chi connectivity index (χ4v) is 0.416. The predicted octanol–water partition coefficient (Wildman–Crippen LogP) is 0.499. The van der Waals surface area contributed by atoms with Gasteiger partial charge in [0.2, 0.25) is 0 Å². The molecule has 0 amide bonds. The normalized spacial score (nSPS) is 23.4. The lowest BCUT2D eigenvalue weighted by Gasteiger charge is -1.99. The third-order valence-corrected chi connectivity index (χ3v) is 1.24. The number of rotatable bonds is 2. The van der Waals surface area contributed by atoms with E-state index in [-0.39, 0.29) is 5.92 Å². The first-order valence-electron chi connectivity index (χ1n) is 2.54. The molecule has 8 heavy (non-hydrogen) atoms. The molecule has 0 unspecified atom stereocenters. The Kier molecular flexibility index (Phi) is 1.10. The van der Waals surface area contributed by atoms with E-state index in [1.165, 1.54) is 0 Å². The highest BCUT2D eigenvalue weighted by atomic mass is 17.4. The van der Waals surface area contributed by atoms with Crippen LogP contribution in [0.25, 0.3) is 0 Å². The fraction of sp³-hybridized carbons (Fsp3) is 0.800. The summed E-state index contributed by atoms with van der Waals surface area (Å²) in [6.07, 6.45) is 0.678. The zero-order chi connectivity index (χ0) is 6.20. The molecule has 0 bridgehead atoms. The summed E-state index contributed by atoms with van der Waals surface area (Å²) >= 11 is 0. The number of carbonyl (C=O) groups excluding carboxylic acids is 1. The molecule has 1 aliphatic rings. The minimum Gasteiger partial charge on any atom is -0.297 e. The smallest absolute Gasteiger partial charge is 0.290 e. The van der Waals surface area contributed by atoms with E-state index in [1.54, 1.807) is 0 Å². The molecule has 0 spiro atoms. The summed E-state index contributed by atoms with van der Waals surface area (Å²) in [5.41, 5.74) is 0. The molecular formula is C5H8O3. The summed E-state index contributed by atoms with van der Waals surface area (Å²) < 4.78 is 0. The minimum absolute atomic E-state index is 0.111. The molecule has 1 rings (SSSR count). The van der Waals surface area contributed by atoms with Crippen molar-refractivity contribution in [3.8, 4) is 0 Å². The van der Waals surface area contributed by atoms with Crippen molar-refractivity contribution in [2.75, 3.05) is 0 Å². The summed E-state index contributed by atoms with van der Waals surface area (Å²) in [6, 6.07) is 0. The average molecular weight is 116 g/mol. The third-order valence-electron chi connectivity index (χ3n) is 1.24. The summed E-state index contributed by atoms with van der Waals surface area (Å²) in [7, 11) is 0. The van der Waals surface area contributed by atoms with E-state index in [2.05, 4.69) is 9.78 Å². The van der Waals surface area contributed by atoms with E-state index in [9.17, 15) is 4.79 Å². The zero-order valence-electron chi connectivity index (χ0n) is 4.88. The largest absolute Gasteiger partial charge is 0.297 e. The third kappa shape index (κ3) is 0.638. The molecule has 0 N–H and O–H groups in total. The van der Waals surface area contributed by atoms with Gasteiger partial charge < -0.3 is 0 Å². The highest BCUT2D eigenvalue weighted by Gasteiger charge is 2.52. The van der Waals surface area contributed by atoms with Crippen LogP contribution < -0.4 is 0 Å². The molecule has 1 saturated heterocycles. The number of hydrogen-bond donors (Lipinski definition) is 0. The van der Waals surface area contributed by atoms with E-state index in [0.29, 0.717) is 6.29 Å². The Morgan fingerprint density at radius 1 is 1.50 bits per heavy atom. The molecule has 3 nitrogen and oxygen atoms in total. The van der Waals surface area contributed by atoms with Gasteiger partial charge in [-0.1, -0.05) is 13.8 Å². The molecule has 3 heteroatoms. The molecule has 0 saturated carbocycles. The van der Waals surface area contributed by atoms with Crippen LogP contribution in [0.2, 0.25) is 0 Å². The quantitative estimate of drug-likeness (QED) is 0.299. The molecule has 0 radical (unpaired) electrons. The van der Waals surface area contributed by atoms with Crippen LogP contribution in [0.3, 0.4) is 0 Å². The summed E-state index contributed by atoms with van der Waals surface area (Å²) in [6.45, 7) is 3.72. The van der Waals surface area contributed by atoms with Crippen LogP contribution in [0.4, 0.5) is 0 Å². The molecule has 0 aromatic carbocycles. The first kappa shape index (κ1) is 5.72. The van der Waals surface area contributed by atoms with Crippen LogP contribution >= 0.6 is 0 Å². The Hall–Kier alpha value is -0.410. The van der Waals surface area contributed by atoms with Gasteiger partial charge in [-0.15, -0.1) is 0 Å². The van der Waals surface area contributed by atoms with Crippen LogP contribution in [0.15, 0.2) is 0 Å². The summed E-state index contributed by atoms with van der Waals surface area (Å²) in [4.78, 5) is 19.0. The topological polar surface area (TPSA) is 42.1 Å². The molecular weight excluding hydrogens is 108 g/mol. The Labute approximate surface area is 47.5 Å². The predicted molar refractivity (Wildman–Crippen MR) is 25.8 cm³/mol. The van der Waals surface area contributed by atoms with Gasteiger partial charge in [-0.2, -0.15) is 9.78 Å². The van der Waals surface area contributed by atoms with Crippen molar-refractivity contribution in [3.63, 3.8) is 0 Å². The molecule has 46 valence electrons. The number of aldehydes is 1. The van der Waals surface area contributed by atoms with Crippen LogP contribution in [-0.4, -0.2) is 12.1 Å². The van der Waals surface area contributed by atoms with Crippen molar-refractivity contribution in [1.29, 1.82) is 0 Å². The molecule has 0 aromatic rings. The van der Waals surface area contributed by atoms with E-state index < -0.39 is 5.79 Å². The van der Waals surface area contributed by atoms with Gasteiger partial charge in [0.15, 0.2) is 6.29 Å². The summed E-state index contributed by atoms with van der Waals surface area (Å²) in [5.74, 6) is -0.778. The van der Waals surface area contributed by atoms with Gasteiger partial charge in [-0.3, -0.25) is 4.79 Å². The highest BCUT2D eigenvalue weighted by Crippen LogP contribution is 2.34. The highest BCUT2D eigenvalue weighted by molar-refractivity contribution is 5.62. The second kappa shape index (κ2) is 1.53. The van der Waals surface area contributed by atoms with Crippen molar-refractivity contribution < 1.29 is 14.6 Å². The van der Waals surface area contributed by atoms with E-state index >= 15 is 0 Å². The van der Waals surface area contributed by atoms with E-state index in [4.69, 9.17) is 0 Å². The van der Waals surface area contributed by atoms with Crippen molar-refractivity contribution in [3.05, 3.63) is 0 Å². The van der Waals surface area contributed by atoms with Gasteiger partial charge in [0.05, 0.1) is 0 Å². The van der Waals surface area contributed by atoms with Crippen molar-refractivity contribution in [2.45, 2.75) is 19.6 Å². The number of carbonyl (C=O) groups is 1. The van der Waals surface area contributed by atoms with Gasteiger partial charge in [0, 0.05) is 5.92 Å². The maximum absolute atomic E-state index is 10.1. The lowest BCUT2D eigenvalue weighted by molar-refractivity contribution is -0.114. The van der Waals surface area contributed by atoms with Crippen LogP contribution in [0, 0.1) is 5.92 Å². The Bertz CT molecular complexity index is 104. The minimum atomic E-state index is -0.889. The van der Waals surface area contributed by atoms with Gasteiger partial charge in [0.25, 0.3) is 5.79 Å². The fourth-order valence-electron chi connectivity index (χ4n) is 0.416. The Morgan fingerprint density at radius 2 is 2.00 bits per heavy atom. The summed E-state index contributed by atoms with van der Waals surface area (Å²) in [5, 5.41) is 0. The Morgan fingerprint density at radius 3 is 2.00 bits per heavy atom. The second-order valence-corrected chi connectivity index (χ2v) is 2.16. The zero-order valence-corrected chi connectivity index (χ0v) is 4.88. The second-order valence-electron chi connectivity index (χ2n) is 2.16. The van der Waals surface area contributed by atoms with Crippen LogP contribution in [0.5, 0.6) is 0 Å². The first-order chi connectivity index (χ1) is 3.71. The van der Waals surface area contributed by atoms with E-state index in [1.807, 2.05) is 13.8 Å². The van der Waals surface area contributed by atoms with Crippen LogP contribution in [0.1, 0.15) is 13.8 Å². The maximum atomic E-state index is 10.1. The van der Waals surface area contributed by atoms with Gasteiger partial charge in [-0.25, -0.2) is 0 Å². The maximum Gasteiger partial charge on any atom is 0.290 e. The number of hydrogen-bond acceptors (Lipinski definition) is 3. The van der Waals surface area contributed by atoms with Crippen LogP contribution in [-0.2, 0) is 14.6 Å². The van der Waals surface area contributed by atoms with Gasteiger partial charge in [-0.05, 0) is 0 Å². The molecule has 1 fully saturated rings. The van der Waals surface area contributed by atoms with Crippen molar-refractivity contribution >= 4 is 6.29 Å². The van der Waals surface area contributed by atoms with Crippen molar-refractivity contribution in [1.82, 2.24) is 0 Å². The molecule has 1 aliphatic heterocycles. The van der Waals surface area contributed by atoms with Gasteiger partial charge in [0.1, 0.15) is 0 Å². The lowest BCUT2D eigenvalue weighted by Crippen LogP contribution is -2.19. The lowest BCUT2D eigenvalue weighted by atomic mass is 10.1. The molecule has 0 aromatic heterocycles. The molecule has 0 atom stereocenters. The SMILES string of the molecule is CC(C)C1(C=O)OO1. The first-order valence-corrected chi connectivity index (χ1v) is 2.54. The molecule has 1 heterocycles. The monoisotopic (exact) mass is 116 g/mol.